The predicted octanol–water partition coefficient (Wildman–Crippen LogP) is 12.3. The Bertz CT molecular complexity index is 3010. The minimum Gasteiger partial charge on any atom is -0.309 e. The van der Waals surface area contributed by atoms with Crippen LogP contribution < -0.4 is 0 Å². The van der Waals surface area contributed by atoms with Crippen LogP contribution >= 0.6 is 0 Å². The standard InChI is InChI=1S/C52H34N4/c1-4-14-39(15-5-1)52(40-16-6-2-7-17-40)45-22-12-10-21-43(45)50-48(52)49(54-51(55-50)37-26-24-35(25-27-37)36-30-32-53-33-31-36)38-28-29-47-44(34-38)42-20-11-13-23-46(42)56(47)41-18-8-3-9-19-41/h1-34H. The van der Waals surface area contributed by atoms with E-state index in [2.05, 4.69) is 192 Å². The highest BCUT2D eigenvalue weighted by Gasteiger charge is 2.49. The Labute approximate surface area is 325 Å². The monoisotopic (exact) mass is 714 g/mol. The van der Waals surface area contributed by atoms with Gasteiger partial charge in [0, 0.05) is 51.1 Å². The summed E-state index contributed by atoms with van der Waals surface area (Å²) in [7, 11) is 0. The van der Waals surface area contributed by atoms with Crippen molar-refractivity contribution in [3.8, 4) is 50.7 Å². The molecule has 0 fully saturated rings. The fourth-order valence-corrected chi connectivity index (χ4v) is 8.97. The first kappa shape index (κ1) is 32.0. The molecule has 0 radical (unpaired) electrons. The lowest BCUT2D eigenvalue weighted by atomic mass is 9.67. The van der Waals surface area contributed by atoms with Gasteiger partial charge in [-0.05, 0) is 70.3 Å². The summed E-state index contributed by atoms with van der Waals surface area (Å²) in [5.74, 6) is 0.693. The average Bonchev–Trinajstić information content (AvgIpc) is 3.78. The molecule has 4 nitrogen and oxygen atoms in total. The van der Waals surface area contributed by atoms with E-state index in [0.29, 0.717) is 5.82 Å². The lowest BCUT2D eigenvalue weighted by Gasteiger charge is -2.34. The van der Waals surface area contributed by atoms with Gasteiger partial charge in [-0.2, -0.15) is 0 Å². The molecule has 0 saturated heterocycles. The van der Waals surface area contributed by atoms with Crippen LogP contribution in [0.2, 0.25) is 0 Å². The first-order chi connectivity index (χ1) is 27.8. The molecule has 0 N–H and O–H groups in total. The number of aromatic nitrogens is 4. The number of hydrogen-bond acceptors (Lipinski definition) is 3. The van der Waals surface area contributed by atoms with E-state index < -0.39 is 5.41 Å². The third-order valence-corrected chi connectivity index (χ3v) is 11.4. The summed E-state index contributed by atoms with van der Waals surface area (Å²) in [6, 6.07) is 69.4. The fourth-order valence-electron chi connectivity index (χ4n) is 8.97. The van der Waals surface area contributed by atoms with Crippen LogP contribution in [0.5, 0.6) is 0 Å². The summed E-state index contributed by atoms with van der Waals surface area (Å²) in [4.78, 5) is 15.4. The number of fused-ring (bicyclic) bond motifs is 6. The van der Waals surface area contributed by atoms with Gasteiger partial charge in [-0.3, -0.25) is 4.98 Å². The van der Waals surface area contributed by atoms with Gasteiger partial charge < -0.3 is 4.57 Å². The Hall–Kier alpha value is -7.43. The van der Waals surface area contributed by atoms with Crippen LogP contribution in [-0.2, 0) is 5.41 Å². The number of nitrogens with zero attached hydrogens (tertiary/aromatic N) is 4. The minimum absolute atomic E-state index is 0.666. The zero-order valence-electron chi connectivity index (χ0n) is 30.4. The van der Waals surface area contributed by atoms with Crippen molar-refractivity contribution in [1.29, 1.82) is 0 Å². The highest BCUT2D eigenvalue weighted by atomic mass is 15.0. The second kappa shape index (κ2) is 12.9. The molecule has 0 spiro atoms. The Balaban J connectivity index is 1.23. The van der Waals surface area contributed by atoms with E-state index in [4.69, 9.17) is 9.97 Å². The second-order valence-electron chi connectivity index (χ2n) is 14.4. The molecule has 0 atom stereocenters. The molecule has 0 amide bonds. The number of hydrogen-bond donors (Lipinski definition) is 0. The molecule has 3 heterocycles. The molecule has 1 aliphatic carbocycles. The fraction of sp³-hybridized carbons (Fsp3) is 0.0192. The van der Waals surface area contributed by atoms with E-state index in [1.54, 1.807) is 0 Å². The van der Waals surface area contributed by atoms with Gasteiger partial charge in [-0.25, -0.2) is 9.97 Å². The summed E-state index contributed by atoms with van der Waals surface area (Å²) in [6.45, 7) is 0. The highest BCUT2D eigenvalue weighted by molar-refractivity contribution is 6.10. The molecule has 0 unspecified atom stereocenters. The average molecular weight is 715 g/mol. The normalized spacial score (nSPS) is 12.8. The Morgan fingerprint density at radius 1 is 0.411 bits per heavy atom. The molecular weight excluding hydrogens is 681 g/mol. The summed E-state index contributed by atoms with van der Waals surface area (Å²) in [5, 5.41) is 2.38. The molecule has 11 rings (SSSR count). The molecule has 1 aliphatic rings. The lowest BCUT2D eigenvalue weighted by molar-refractivity contribution is 0.763. The molecule has 262 valence electrons. The zero-order valence-corrected chi connectivity index (χ0v) is 30.4. The smallest absolute Gasteiger partial charge is 0.160 e. The van der Waals surface area contributed by atoms with Gasteiger partial charge in [0.15, 0.2) is 5.82 Å². The van der Waals surface area contributed by atoms with Crippen molar-refractivity contribution in [3.05, 3.63) is 229 Å². The van der Waals surface area contributed by atoms with Gasteiger partial charge in [0.1, 0.15) is 0 Å². The molecule has 3 aromatic heterocycles. The summed E-state index contributed by atoms with van der Waals surface area (Å²) in [5.41, 5.74) is 14.7. The molecule has 56 heavy (non-hydrogen) atoms. The van der Waals surface area contributed by atoms with Gasteiger partial charge >= 0.3 is 0 Å². The van der Waals surface area contributed by atoms with Crippen molar-refractivity contribution in [3.63, 3.8) is 0 Å². The lowest BCUT2D eigenvalue weighted by Crippen LogP contribution is -2.29. The maximum Gasteiger partial charge on any atom is 0.160 e. The Kier molecular flexibility index (Phi) is 7.36. The van der Waals surface area contributed by atoms with Gasteiger partial charge in [0.05, 0.1) is 27.8 Å². The first-order valence-corrected chi connectivity index (χ1v) is 19.0. The summed E-state index contributed by atoms with van der Waals surface area (Å²) >= 11 is 0. The van der Waals surface area contributed by atoms with E-state index in [-0.39, 0.29) is 0 Å². The van der Waals surface area contributed by atoms with Crippen molar-refractivity contribution < 1.29 is 0 Å². The van der Waals surface area contributed by atoms with Crippen LogP contribution in [0.4, 0.5) is 0 Å². The number of rotatable bonds is 6. The predicted molar refractivity (Wildman–Crippen MR) is 228 cm³/mol. The van der Waals surface area contributed by atoms with Crippen molar-refractivity contribution in [2.45, 2.75) is 5.41 Å². The van der Waals surface area contributed by atoms with Gasteiger partial charge in [-0.15, -0.1) is 0 Å². The topological polar surface area (TPSA) is 43.6 Å². The number of pyridine rings is 1. The quantitative estimate of drug-likeness (QED) is 0.172. The number of para-hydroxylation sites is 2. The van der Waals surface area contributed by atoms with E-state index in [0.717, 1.165) is 56.0 Å². The molecule has 10 aromatic rings. The van der Waals surface area contributed by atoms with Crippen LogP contribution in [-0.4, -0.2) is 19.5 Å². The maximum atomic E-state index is 5.64. The van der Waals surface area contributed by atoms with Crippen molar-refractivity contribution in [2.24, 2.45) is 0 Å². The van der Waals surface area contributed by atoms with Crippen LogP contribution in [0.25, 0.3) is 72.5 Å². The highest BCUT2D eigenvalue weighted by Crippen LogP contribution is 2.58. The second-order valence-corrected chi connectivity index (χ2v) is 14.4. The molecule has 4 heteroatoms. The van der Waals surface area contributed by atoms with Gasteiger partial charge in [0.2, 0.25) is 0 Å². The largest absolute Gasteiger partial charge is 0.309 e. The van der Waals surface area contributed by atoms with E-state index in [9.17, 15) is 0 Å². The van der Waals surface area contributed by atoms with E-state index in [1.807, 2.05) is 24.5 Å². The van der Waals surface area contributed by atoms with Crippen molar-refractivity contribution >= 4 is 21.8 Å². The molecule has 7 aromatic carbocycles. The zero-order chi connectivity index (χ0) is 37.1. The number of benzene rings is 7. The Morgan fingerprint density at radius 3 is 1.70 bits per heavy atom. The summed E-state index contributed by atoms with van der Waals surface area (Å²) < 4.78 is 2.36. The SMILES string of the molecule is c1ccc(-n2c3ccccc3c3cc(-c4nc(-c5ccc(-c6ccncc6)cc5)nc5c4C(c4ccccc4)(c4ccccc4)c4ccccc4-5)ccc32)cc1. The van der Waals surface area contributed by atoms with Crippen LogP contribution in [0, 0.1) is 0 Å². The van der Waals surface area contributed by atoms with E-state index >= 15 is 0 Å². The third kappa shape index (κ3) is 4.83. The third-order valence-electron chi connectivity index (χ3n) is 11.4. The van der Waals surface area contributed by atoms with Crippen molar-refractivity contribution in [2.75, 3.05) is 0 Å². The van der Waals surface area contributed by atoms with Crippen LogP contribution in [0.3, 0.4) is 0 Å². The molecule has 0 aliphatic heterocycles. The first-order valence-electron chi connectivity index (χ1n) is 19.0. The van der Waals surface area contributed by atoms with Crippen molar-refractivity contribution in [1.82, 2.24) is 19.5 Å². The summed E-state index contributed by atoms with van der Waals surface area (Å²) in [6.07, 6.45) is 3.66. The molecule has 0 saturated carbocycles. The van der Waals surface area contributed by atoms with Gasteiger partial charge in [0.25, 0.3) is 0 Å². The molecule has 0 bridgehead atoms. The van der Waals surface area contributed by atoms with Crippen LogP contribution in [0.15, 0.2) is 207 Å². The van der Waals surface area contributed by atoms with Crippen LogP contribution in [0.1, 0.15) is 22.3 Å². The molecular formula is C52H34N4. The maximum absolute atomic E-state index is 5.64. The Morgan fingerprint density at radius 2 is 0.964 bits per heavy atom. The van der Waals surface area contributed by atoms with E-state index in [1.165, 1.54) is 33.0 Å². The van der Waals surface area contributed by atoms with Gasteiger partial charge in [-0.1, -0.05) is 152 Å². The minimum atomic E-state index is -0.666.